The standard InChI is InChI=1S/C24H22BrCl2NO3S/c25-18-7-9-21(31-14-16-6-8-19(26)12-20(16)27)17(10-18)11-22-23(29)28(24(30)32-22)13-15-4-2-1-3-5-15/h6-12,15H,1-5,13-14H2/b22-11+. The highest BCUT2D eigenvalue weighted by atomic mass is 79.9. The van der Waals surface area contributed by atoms with Crippen molar-refractivity contribution in [2.45, 2.75) is 38.7 Å². The zero-order chi connectivity index (χ0) is 22.7. The molecule has 1 aliphatic carbocycles. The van der Waals surface area contributed by atoms with Crippen molar-refractivity contribution in [3.05, 3.63) is 66.9 Å². The number of ether oxygens (including phenoxy) is 1. The number of imide groups is 1. The van der Waals surface area contributed by atoms with Crippen molar-refractivity contribution in [2.75, 3.05) is 6.54 Å². The van der Waals surface area contributed by atoms with Gasteiger partial charge in [-0.05, 0) is 66.9 Å². The summed E-state index contributed by atoms with van der Waals surface area (Å²) in [5.41, 5.74) is 1.52. The number of thioether (sulfide) groups is 1. The van der Waals surface area contributed by atoms with Gasteiger partial charge in [-0.2, -0.15) is 0 Å². The van der Waals surface area contributed by atoms with E-state index < -0.39 is 0 Å². The third-order valence-electron chi connectivity index (χ3n) is 5.70. The molecule has 0 radical (unpaired) electrons. The van der Waals surface area contributed by atoms with E-state index in [1.54, 1.807) is 18.2 Å². The van der Waals surface area contributed by atoms with Crippen LogP contribution in [0.1, 0.15) is 43.2 Å². The Labute approximate surface area is 210 Å². The van der Waals surface area contributed by atoms with Gasteiger partial charge in [0.1, 0.15) is 12.4 Å². The van der Waals surface area contributed by atoms with Gasteiger partial charge in [-0.3, -0.25) is 14.5 Å². The molecule has 4 rings (SSSR count). The maximum absolute atomic E-state index is 13.0. The van der Waals surface area contributed by atoms with Gasteiger partial charge in [-0.15, -0.1) is 0 Å². The molecule has 1 saturated heterocycles. The van der Waals surface area contributed by atoms with E-state index in [1.807, 2.05) is 24.3 Å². The highest BCUT2D eigenvalue weighted by Crippen LogP contribution is 2.37. The zero-order valence-corrected chi connectivity index (χ0v) is 21.2. The second-order valence-electron chi connectivity index (χ2n) is 8.00. The Hall–Kier alpha value is -1.47. The second kappa shape index (κ2) is 10.6. The topological polar surface area (TPSA) is 46.6 Å². The van der Waals surface area contributed by atoms with Crippen molar-refractivity contribution >= 4 is 68.1 Å². The summed E-state index contributed by atoms with van der Waals surface area (Å²) < 4.78 is 6.86. The number of benzene rings is 2. The fourth-order valence-corrected chi connectivity index (χ4v) is 5.67. The van der Waals surface area contributed by atoms with Crippen molar-refractivity contribution in [2.24, 2.45) is 5.92 Å². The average molecular weight is 555 g/mol. The molecule has 0 atom stereocenters. The van der Waals surface area contributed by atoms with Crippen molar-refractivity contribution in [1.82, 2.24) is 4.90 Å². The van der Waals surface area contributed by atoms with E-state index >= 15 is 0 Å². The summed E-state index contributed by atoms with van der Waals surface area (Å²) in [7, 11) is 0. The monoisotopic (exact) mass is 553 g/mol. The number of amides is 2. The van der Waals surface area contributed by atoms with Crippen LogP contribution in [0.5, 0.6) is 5.75 Å². The lowest BCUT2D eigenvalue weighted by Gasteiger charge is -2.25. The van der Waals surface area contributed by atoms with Gasteiger partial charge in [0, 0.05) is 32.2 Å². The van der Waals surface area contributed by atoms with Crippen LogP contribution in [0.2, 0.25) is 10.0 Å². The molecule has 0 aromatic heterocycles. The van der Waals surface area contributed by atoms with Crippen LogP contribution < -0.4 is 4.74 Å². The van der Waals surface area contributed by atoms with E-state index in [0.29, 0.717) is 38.7 Å². The first kappa shape index (κ1) is 23.7. The minimum absolute atomic E-state index is 0.197. The first-order valence-corrected chi connectivity index (χ1v) is 12.9. The van der Waals surface area contributed by atoms with Crippen molar-refractivity contribution < 1.29 is 14.3 Å². The number of hydrogen-bond acceptors (Lipinski definition) is 4. The normalized spacial score (nSPS) is 18.6. The summed E-state index contributed by atoms with van der Waals surface area (Å²) in [6, 6.07) is 10.8. The Balaban J connectivity index is 1.52. The van der Waals surface area contributed by atoms with Crippen molar-refractivity contribution in [1.29, 1.82) is 0 Å². The molecule has 2 fully saturated rings. The number of carbonyl (C=O) groups excluding carboxylic acids is 2. The van der Waals surface area contributed by atoms with Gasteiger partial charge in [0.25, 0.3) is 11.1 Å². The third-order valence-corrected chi connectivity index (χ3v) is 7.68. The molecule has 168 valence electrons. The maximum atomic E-state index is 13.0. The van der Waals surface area contributed by atoms with Crippen LogP contribution in [-0.2, 0) is 11.4 Å². The van der Waals surface area contributed by atoms with E-state index in [2.05, 4.69) is 15.9 Å². The fourth-order valence-electron chi connectivity index (χ4n) is 3.98. The molecule has 2 aromatic carbocycles. The molecule has 32 heavy (non-hydrogen) atoms. The highest BCUT2D eigenvalue weighted by molar-refractivity contribution is 9.10. The number of carbonyl (C=O) groups is 2. The molecule has 0 N–H and O–H groups in total. The van der Waals surface area contributed by atoms with Gasteiger partial charge in [0.2, 0.25) is 0 Å². The summed E-state index contributed by atoms with van der Waals surface area (Å²) in [4.78, 5) is 27.3. The molecule has 0 unspecified atom stereocenters. The molecule has 0 spiro atoms. The molecule has 1 aliphatic heterocycles. The minimum atomic E-state index is -0.225. The predicted octanol–water partition coefficient (Wildman–Crippen LogP) is 7.95. The lowest BCUT2D eigenvalue weighted by molar-refractivity contribution is -0.123. The zero-order valence-electron chi connectivity index (χ0n) is 17.3. The van der Waals surface area contributed by atoms with Gasteiger partial charge in [0.15, 0.2) is 0 Å². The Kier molecular flexibility index (Phi) is 7.87. The summed E-state index contributed by atoms with van der Waals surface area (Å²) >= 11 is 16.7. The Bertz CT molecular complexity index is 1070. The van der Waals surface area contributed by atoms with Crippen LogP contribution in [0.3, 0.4) is 0 Å². The van der Waals surface area contributed by atoms with Crippen LogP contribution in [-0.4, -0.2) is 22.6 Å². The Morgan fingerprint density at radius 3 is 2.62 bits per heavy atom. The van der Waals surface area contributed by atoms with Gasteiger partial charge >= 0.3 is 0 Å². The van der Waals surface area contributed by atoms with E-state index in [1.165, 1.54) is 24.2 Å². The first-order chi connectivity index (χ1) is 15.4. The lowest BCUT2D eigenvalue weighted by atomic mass is 9.89. The van der Waals surface area contributed by atoms with E-state index in [9.17, 15) is 9.59 Å². The van der Waals surface area contributed by atoms with Crippen molar-refractivity contribution in [3.8, 4) is 5.75 Å². The molecule has 2 amide bonds. The second-order valence-corrected chi connectivity index (χ2v) is 10.8. The fraction of sp³-hybridized carbons (Fsp3) is 0.333. The molecule has 4 nitrogen and oxygen atoms in total. The van der Waals surface area contributed by atoms with Crippen LogP contribution in [0.4, 0.5) is 4.79 Å². The third kappa shape index (κ3) is 5.71. The first-order valence-electron chi connectivity index (χ1n) is 10.5. The number of rotatable bonds is 6. The van der Waals surface area contributed by atoms with Crippen molar-refractivity contribution in [3.63, 3.8) is 0 Å². The largest absolute Gasteiger partial charge is 0.488 e. The van der Waals surface area contributed by atoms with Crippen LogP contribution in [0.15, 0.2) is 45.8 Å². The van der Waals surface area contributed by atoms with Gasteiger partial charge in [0.05, 0.1) is 4.91 Å². The van der Waals surface area contributed by atoms with Crippen LogP contribution >= 0.6 is 50.9 Å². The molecule has 0 bridgehead atoms. The number of nitrogens with zero attached hydrogens (tertiary/aromatic N) is 1. The molecular weight excluding hydrogens is 533 g/mol. The SMILES string of the molecule is O=C1S/C(=C/c2cc(Br)ccc2OCc2ccc(Cl)cc2Cl)C(=O)N1CC1CCCCC1. The van der Waals surface area contributed by atoms with Crippen LogP contribution in [0.25, 0.3) is 6.08 Å². The summed E-state index contributed by atoms with van der Waals surface area (Å²) in [6.07, 6.45) is 7.48. The average Bonchev–Trinajstić information content (AvgIpc) is 3.02. The van der Waals surface area contributed by atoms with Gasteiger partial charge < -0.3 is 4.74 Å². The predicted molar refractivity (Wildman–Crippen MR) is 134 cm³/mol. The van der Waals surface area contributed by atoms with Crippen LogP contribution in [0, 0.1) is 5.92 Å². The lowest BCUT2D eigenvalue weighted by Crippen LogP contribution is -2.34. The molecular formula is C24H22BrCl2NO3S. The molecule has 2 aromatic rings. The number of hydrogen-bond donors (Lipinski definition) is 0. The summed E-state index contributed by atoms with van der Waals surface area (Å²) in [5.74, 6) is 0.779. The quantitative estimate of drug-likeness (QED) is 0.340. The number of halogens is 3. The smallest absolute Gasteiger partial charge is 0.293 e. The van der Waals surface area contributed by atoms with E-state index in [0.717, 1.165) is 34.6 Å². The van der Waals surface area contributed by atoms with Gasteiger partial charge in [-0.25, -0.2) is 0 Å². The molecule has 1 saturated carbocycles. The highest BCUT2D eigenvalue weighted by Gasteiger charge is 2.36. The minimum Gasteiger partial charge on any atom is -0.488 e. The maximum Gasteiger partial charge on any atom is 0.293 e. The Morgan fingerprint density at radius 1 is 1.09 bits per heavy atom. The summed E-state index contributed by atoms with van der Waals surface area (Å²) in [5, 5.41) is 0.893. The molecule has 8 heteroatoms. The van der Waals surface area contributed by atoms with Gasteiger partial charge in [-0.1, -0.05) is 64.5 Å². The van der Waals surface area contributed by atoms with E-state index in [-0.39, 0.29) is 17.8 Å². The molecule has 1 heterocycles. The van der Waals surface area contributed by atoms with E-state index in [4.69, 9.17) is 27.9 Å². The Morgan fingerprint density at radius 2 is 1.88 bits per heavy atom. The molecule has 2 aliphatic rings. The summed E-state index contributed by atoms with van der Waals surface area (Å²) in [6.45, 7) is 0.764.